The van der Waals surface area contributed by atoms with Crippen molar-refractivity contribution in [1.29, 1.82) is 0 Å². The van der Waals surface area contributed by atoms with Crippen LogP contribution >= 0.6 is 0 Å². The zero-order chi connectivity index (χ0) is 10.9. The molecule has 0 aromatic carbocycles. The molecular weight excluding hydrogens is 214 g/mol. The molecule has 1 aliphatic heterocycles. The van der Waals surface area contributed by atoms with Gasteiger partial charge >= 0.3 is 0 Å². The van der Waals surface area contributed by atoms with Crippen LogP contribution in [0.25, 0.3) is 0 Å². The van der Waals surface area contributed by atoms with Gasteiger partial charge in [0.15, 0.2) is 0 Å². The molecule has 0 saturated carbocycles. The summed E-state index contributed by atoms with van der Waals surface area (Å²) in [5, 5.41) is 0. The smallest absolute Gasteiger partial charge is 0.214 e. The Hall–Kier alpha value is -1.01. The highest BCUT2D eigenvalue weighted by Crippen LogP contribution is 2.22. The third-order valence-electron chi connectivity index (χ3n) is 2.41. The topological polar surface area (TPSA) is 63.2 Å². The number of hydrogen-bond acceptors (Lipinski definition) is 4. The number of sulfonamides is 1. The fourth-order valence-electron chi connectivity index (χ4n) is 1.65. The second-order valence-corrected chi connectivity index (χ2v) is 5.67. The van der Waals surface area contributed by atoms with Gasteiger partial charge in [-0.1, -0.05) is 6.92 Å². The van der Waals surface area contributed by atoms with Crippen molar-refractivity contribution in [2.24, 2.45) is 0 Å². The lowest BCUT2D eigenvalue weighted by atomic mass is 10.3. The largest absolute Gasteiger partial charge is 0.244 e. The number of fused-ring (bicyclic) bond motifs is 1. The molecule has 1 aliphatic rings. The first kappa shape index (κ1) is 10.5. The Labute approximate surface area is 89.2 Å². The van der Waals surface area contributed by atoms with Crippen molar-refractivity contribution in [2.45, 2.75) is 26.4 Å². The highest BCUT2D eigenvalue weighted by Gasteiger charge is 2.29. The number of nitrogens with zero attached hydrogens (tertiary/aromatic N) is 3. The Kier molecular flexibility index (Phi) is 2.70. The van der Waals surface area contributed by atoms with Crippen molar-refractivity contribution in [3.63, 3.8) is 0 Å². The van der Waals surface area contributed by atoms with Gasteiger partial charge in [-0.2, -0.15) is 4.31 Å². The van der Waals surface area contributed by atoms with Crippen molar-refractivity contribution in [3.05, 3.63) is 23.8 Å². The molecule has 15 heavy (non-hydrogen) atoms. The van der Waals surface area contributed by atoms with Crippen LogP contribution in [0, 0.1) is 0 Å². The molecule has 0 amide bonds. The molecule has 0 fully saturated rings. The fourth-order valence-corrected chi connectivity index (χ4v) is 3.08. The first-order chi connectivity index (χ1) is 7.13. The molecular formula is C9H13N3O2S. The van der Waals surface area contributed by atoms with Crippen LogP contribution in [0.2, 0.25) is 0 Å². The lowest BCUT2D eigenvalue weighted by molar-refractivity contribution is 0.429. The lowest BCUT2D eigenvalue weighted by Crippen LogP contribution is -2.27. The molecule has 6 heteroatoms. The molecule has 0 unspecified atom stereocenters. The van der Waals surface area contributed by atoms with Gasteiger partial charge in [-0.15, -0.1) is 0 Å². The number of hydrogen-bond donors (Lipinski definition) is 0. The maximum Gasteiger partial charge on any atom is 0.214 e. The molecule has 2 rings (SSSR count). The average molecular weight is 227 g/mol. The SMILES string of the molecule is CCCS(=O)(=O)N1Cc2cncnc2C1. The van der Waals surface area contributed by atoms with Crippen LogP contribution in [0.4, 0.5) is 0 Å². The van der Waals surface area contributed by atoms with Gasteiger partial charge in [-0.25, -0.2) is 18.4 Å². The molecule has 0 N–H and O–H groups in total. The van der Waals surface area contributed by atoms with E-state index >= 15 is 0 Å². The first-order valence-corrected chi connectivity index (χ1v) is 6.50. The van der Waals surface area contributed by atoms with Crippen molar-refractivity contribution in [3.8, 4) is 0 Å². The quantitative estimate of drug-likeness (QED) is 0.755. The molecule has 0 atom stereocenters. The van der Waals surface area contributed by atoms with Crippen molar-refractivity contribution in [1.82, 2.24) is 14.3 Å². The van der Waals surface area contributed by atoms with E-state index in [9.17, 15) is 8.42 Å². The highest BCUT2D eigenvalue weighted by molar-refractivity contribution is 7.89. The molecule has 2 heterocycles. The third kappa shape index (κ3) is 2.00. The summed E-state index contributed by atoms with van der Waals surface area (Å²) in [6, 6.07) is 0. The van der Waals surface area contributed by atoms with Gasteiger partial charge in [0, 0.05) is 18.3 Å². The van der Waals surface area contributed by atoms with E-state index in [-0.39, 0.29) is 5.75 Å². The van der Waals surface area contributed by atoms with Crippen LogP contribution in [0.15, 0.2) is 12.5 Å². The van der Waals surface area contributed by atoms with Crippen LogP contribution < -0.4 is 0 Å². The fraction of sp³-hybridized carbons (Fsp3) is 0.556. The van der Waals surface area contributed by atoms with Crippen LogP contribution in [-0.2, 0) is 23.1 Å². The monoisotopic (exact) mass is 227 g/mol. The maximum atomic E-state index is 11.8. The first-order valence-electron chi connectivity index (χ1n) is 4.89. The van der Waals surface area contributed by atoms with Gasteiger partial charge in [-0.3, -0.25) is 0 Å². The van der Waals surface area contributed by atoms with Gasteiger partial charge in [0.05, 0.1) is 18.0 Å². The zero-order valence-electron chi connectivity index (χ0n) is 8.55. The second-order valence-electron chi connectivity index (χ2n) is 3.58. The van der Waals surface area contributed by atoms with E-state index in [0.717, 1.165) is 11.3 Å². The summed E-state index contributed by atoms with van der Waals surface area (Å²) in [7, 11) is -3.11. The minimum atomic E-state index is -3.11. The van der Waals surface area contributed by atoms with Crippen LogP contribution in [0.5, 0.6) is 0 Å². The molecule has 0 aliphatic carbocycles. The Morgan fingerprint density at radius 1 is 1.47 bits per heavy atom. The molecule has 1 aromatic rings. The van der Waals surface area contributed by atoms with E-state index in [1.807, 2.05) is 6.92 Å². The van der Waals surface area contributed by atoms with Crippen LogP contribution in [0.1, 0.15) is 24.6 Å². The Balaban J connectivity index is 2.20. The van der Waals surface area contributed by atoms with E-state index in [2.05, 4.69) is 9.97 Å². The molecule has 5 nitrogen and oxygen atoms in total. The summed E-state index contributed by atoms with van der Waals surface area (Å²) in [5.74, 6) is 0.203. The van der Waals surface area contributed by atoms with E-state index in [0.29, 0.717) is 19.5 Å². The van der Waals surface area contributed by atoms with Gasteiger partial charge in [0.25, 0.3) is 0 Å². The van der Waals surface area contributed by atoms with E-state index < -0.39 is 10.0 Å². The second kappa shape index (κ2) is 3.86. The molecule has 0 spiro atoms. The van der Waals surface area contributed by atoms with E-state index in [1.54, 1.807) is 6.20 Å². The van der Waals surface area contributed by atoms with Crippen molar-refractivity contribution >= 4 is 10.0 Å². The molecule has 82 valence electrons. The molecule has 1 aromatic heterocycles. The Morgan fingerprint density at radius 3 is 2.93 bits per heavy atom. The van der Waals surface area contributed by atoms with E-state index in [4.69, 9.17) is 0 Å². The summed E-state index contributed by atoms with van der Waals surface area (Å²) >= 11 is 0. The predicted octanol–water partition coefficient (Wildman–Crippen LogP) is 0.532. The third-order valence-corrected chi connectivity index (χ3v) is 4.38. The minimum absolute atomic E-state index is 0.203. The van der Waals surface area contributed by atoms with Crippen LogP contribution in [0.3, 0.4) is 0 Å². The summed E-state index contributed by atoms with van der Waals surface area (Å²) in [6.45, 7) is 2.67. The molecule has 0 radical (unpaired) electrons. The minimum Gasteiger partial charge on any atom is -0.244 e. The predicted molar refractivity (Wildman–Crippen MR) is 55.4 cm³/mol. The normalized spacial score (nSPS) is 16.6. The summed E-state index contributed by atoms with van der Waals surface area (Å²) in [6.07, 6.45) is 3.78. The van der Waals surface area contributed by atoms with Crippen molar-refractivity contribution in [2.75, 3.05) is 5.75 Å². The van der Waals surface area contributed by atoms with Gasteiger partial charge in [0.2, 0.25) is 10.0 Å². The summed E-state index contributed by atoms with van der Waals surface area (Å²) in [5.41, 5.74) is 1.74. The van der Waals surface area contributed by atoms with Gasteiger partial charge in [0.1, 0.15) is 6.33 Å². The average Bonchev–Trinajstić information content (AvgIpc) is 2.61. The van der Waals surface area contributed by atoms with Gasteiger partial charge in [-0.05, 0) is 6.42 Å². The molecule has 0 bridgehead atoms. The summed E-state index contributed by atoms with van der Waals surface area (Å²) in [4.78, 5) is 7.95. The molecule has 0 saturated heterocycles. The Morgan fingerprint density at radius 2 is 2.27 bits per heavy atom. The van der Waals surface area contributed by atoms with Gasteiger partial charge < -0.3 is 0 Å². The zero-order valence-corrected chi connectivity index (χ0v) is 9.37. The standard InChI is InChI=1S/C9H13N3O2S/c1-2-3-15(13,14)12-5-8-4-10-7-11-9(8)6-12/h4,7H,2-3,5-6H2,1H3. The number of rotatable bonds is 3. The maximum absolute atomic E-state index is 11.8. The highest BCUT2D eigenvalue weighted by atomic mass is 32.2. The van der Waals surface area contributed by atoms with Crippen LogP contribution in [-0.4, -0.2) is 28.4 Å². The van der Waals surface area contributed by atoms with E-state index in [1.165, 1.54) is 10.6 Å². The van der Waals surface area contributed by atoms with Crippen molar-refractivity contribution < 1.29 is 8.42 Å². The lowest BCUT2D eigenvalue weighted by Gasteiger charge is -2.13. The Bertz CT molecular complexity index is 433. The number of aromatic nitrogens is 2. The summed E-state index contributed by atoms with van der Waals surface area (Å²) < 4.78 is 25.0.